The van der Waals surface area contributed by atoms with E-state index in [-0.39, 0.29) is 23.2 Å². The van der Waals surface area contributed by atoms with Gasteiger partial charge in [0.1, 0.15) is 5.78 Å². The third-order valence-electron chi connectivity index (χ3n) is 5.69. The van der Waals surface area contributed by atoms with Crippen LogP contribution in [-0.2, 0) is 9.22 Å². The second kappa shape index (κ2) is 7.53. The van der Waals surface area contributed by atoms with Crippen molar-refractivity contribution < 1.29 is 9.22 Å². The fraction of sp³-hybridized carbons (Fsp3) is 0.850. The van der Waals surface area contributed by atoms with Crippen LogP contribution in [0.3, 0.4) is 0 Å². The first kappa shape index (κ1) is 20.5. The van der Waals surface area contributed by atoms with Crippen LogP contribution in [0.5, 0.6) is 0 Å². The summed E-state index contributed by atoms with van der Waals surface area (Å²) in [6.07, 6.45) is 1.41. The number of carbonyl (C=O) groups is 1. The van der Waals surface area contributed by atoms with Crippen LogP contribution in [0.25, 0.3) is 0 Å². The Hall–Kier alpha value is -0.593. The van der Waals surface area contributed by atoms with E-state index >= 15 is 0 Å². The van der Waals surface area contributed by atoms with Gasteiger partial charge in [-0.2, -0.15) is 0 Å². The molecule has 0 N–H and O–H groups in total. The Morgan fingerprint density at radius 1 is 1.04 bits per heavy atom. The summed E-state index contributed by atoms with van der Waals surface area (Å²) in [5.41, 5.74) is 1.48. The standard InChI is InChI=1S/C20H36O2Si/c1-14(2)23(15(3)4,16(5)6)22-19-18(17(7)21)12-10-11-13-20(19,8)9/h14-16,18-19H,12-13H2,1-9H3/t18-,19+/m0/s1. The van der Waals surface area contributed by atoms with Crippen LogP contribution in [0.2, 0.25) is 16.6 Å². The molecule has 132 valence electrons. The van der Waals surface area contributed by atoms with Crippen LogP contribution in [-0.4, -0.2) is 20.2 Å². The van der Waals surface area contributed by atoms with Gasteiger partial charge in [-0.05, 0) is 23.5 Å². The molecule has 0 aromatic rings. The molecule has 1 aliphatic rings. The highest BCUT2D eigenvalue weighted by molar-refractivity contribution is 6.77. The van der Waals surface area contributed by atoms with Crippen LogP contribution >= 0.6 is 0 Å². The Morgan fingerprint density at radius 2 is 1.52 bits per heavy atom. The van der Waals surface area contributed by atoms with Crippen molar-refractivity contribution in [3.8, 4) is 11.8 Å². The lowest BCUT2D eigenvalue weighted by molar-refractivity contribution is -0.126. The molecular formula is C20H36O2Si. The van der Waals surface area contributed by atoms with Gasteiger partial charge in [-0.25, -0.2) is 0 Å². The van der Waals surface area contributed by atoms with Gasteiger partial charge in [0.25, 0.3) is 0 Å². The zero-order valence-electron chi connectivity index (χ0n) is 16.6. The predicted octanol–water partition coefficient (Wildman–Crippen LogP) is 5.58. The molecule has 0 bridgehead atoms. The van der Waals surface area contributed by atoms with Gasteiger partial charge in [0.15, 0.2) is 0 Å². The second-order valence-corrected chi connectivity index (χ2v) is 14.2. The molecule has 0 fully saturated rings. The summed E-state index contributed by atoms with van der Waals surface area (Å²) in [5, 5.41) is 0. The summed E-state index contributed by atoms with van der Waals surface area (Å²) in [6, 6.07) is 0. The van der Waals surface area contributed by atoms with Crippen LogP contribution in [0.15, 0.2) is 0 Å². The fourth-order valence-electron chi connectivity index (χ4n) is 4.45. The van der Waals surface area contributed by atoms with Crippen LogP contribution < -0.4 is 0 Å². The van der Waals surface area contributed by atoms with Gasteiger partial charge in [0.2, 0.25) is 8.32 Å². The van der Waals surface area contributed by atoms with E-state index in [9.17, 15) is 4.79 Å². The molecule has 0 unspecified atom stereocenters. The van der Waals surface area contributed by atoms with E-state index in [1.807, 2.05) is 0 Å². The van der Waals surface area contributed by atoms with E-state index < -0.39 is 8.32 Å². The number of ketones is 1. The molecule has 0 aromatic carbocycles. The normalized spacial score (nSPS) is 24.5. The molecule has 23 heavy (non-hydrogen) atoms. The van der Waals surface area contributed by atoms with Crippen molar-refractivity contribution in [2.24, 2.45) is 11.3 Å². The van der Waals surface area contributed by atoms with Crippen LogP contribution in [0.1, 0.15) is 75.2 Å². The molecule has 0 radical (unpaired) electrons. The van der Waals surface area contributed by atoms with E-state index in [1.54, 1.807) is 6.92 Å². The summed E-state index contributed by atoms with van der Waals surface area (Å²) >= 11 is 0. The van der Waals surface area contributed by atoms with Crippen molar-refractivity contribution in [3.05, 3.63) is 0 Å². The SMILES string of the molecule is CC(=O)[C@@H]1CC#CCC(C)(C)[C@@H]1O[Si](C(C)C)(C(C)C)C(C)C. The Balaban J connectivity index is 3.33. The minimum atomic E-state index is -2.02. The quantitative estimate of drug-likeness (QED) is 0.468. The van der Waals surface area contributed by atoms with E-state index in [0.29, 0.717) is 23.0 Å². The van der Waals surface area contributed by atoms with E-state index in [1.165, 1.54) is 0 Å². The molecule has 0 aromatic heterocycles. The van der Waals surface area contributed by atoms with Crippen molar-refractivity contribution in [2.45, 2.75) is 97.9 Å². The molecule has 2 nitrogen and oxygen atoms in total. The van der Waals surface area contributed by atoms with Gasteiger partial charge >= 0.3 is 0 Å². The molecule has 0 saturated heterocycles. The topological polar surface area (TPSA) is 26.3 Å². The smallest absolute Gasteiger partial charge is 0.200 e. The number of rotatable bonds is 6. The largest absolute Gasteiger partial charge is 0.412 e. The van der Waals surface area contributed by atoms with Gasteiger partial charge in [0, 0.05) is 18.3 Å². The number of carbonyl (C=O) groups excluding carboxylic acids is 1. The molecule has 0 spiro atoms. The van der Waals surface area contributed by atoms with Crippen molar-refractivity contribution in [3.63, 3.8) is 0 Å². The highest BCUT2D eigenvalue weighted by atomic mass is 28.4. The fourth-order valence-corrected chi connectivity index (χ4v) is 10.2. The Morgan fingerprint density at radius 3 is 1.91 bits per heavy atom. The van der Waals surface area contributed by atoms with Crippen molar-refractivity contribution in [1.82, 2.24) is 0 Å². The third kappa shape index (κ3) is 4.09. The predicted molar refractivity (Wildman–Crippen MR) is 101 cm³/mol. The lowest BCUT2D eigenvalue weighted by Gasteiger charge is -2.49. The van der Waals surface area contributed by atoms with Gasteiger partial charge in [-0.15, -0.1) is 11.8 Å². The van der Waals surface area contributed by atoms with E-state index in [0.717, 1.165) is 6.42 Å². The summed E-state index contributed by atoms with van der Waals surface area (Å²) in [5.74, 6) is 6.59. The summed E-state index contributed by atoms with van der Waals surface area (Å²) in [7, 11) is -2.02. The Bertz CT molecular complexity index is 458. The maximum absolute atomic E-state index is 12.3. The average Bonchev–Trinajstić information content (AvgIpc) is 2.53. The number of Topliss-reactive ketones (excluding diaryl/α,β-unsaturated/α-hetero) is 1. The van der Waals surface area contributed by atoms with Gasteiger partial charge in [-0.3, -0.25) is 4.79 Å². The lowest BCUT2D eigenvalue weighted by Crippen LogP contribution is -2.55. The summed E-state index contributed by atoms with van der Waals surface area (Å²) < 4.78 is 7.07. The maximum Gasteiger partial charge on any atom is 0.200 e. The molecule has 0 saturated carbocycles. The van der Waals surface area contributed by atoms with Crippen LogP contribution in [0.4, 0.5) is 0 Å². The molecule has 3 heteroatoms. The maximum atomic E-state index is 12.3. The average molecular weight is 337 g/mol. The van der Waals surface area contributed by atoms with Crippen molar-refractivity contribution >= 4 is 14.1 Å². The van der Waals surface area contributed by atoms with Gasteiger partial charge < -0.3 is 4.43 Å². The first-order valence-corrected chi connectivity index (χ1v) is 11.2. The van der Waals surface area contributed by atoms with Crippen molar-refractivity contribution in [2.75, 3.05) is 0 Å². The number of hydrogen-bond donors (Lipinski definition) is 0. The first-order valence-electron chi connectivity index (χ1n) is 9.10. The highest BCUT2D eigenvalue weighted by Crippen LogP contribution is 2.47. The van der Waals surface area contributed by atoms with Crippen LogP contribution in [0, 0.1) is 23.2 Å². The number of hydrogen-bond acceptors (Lipinski definition) is 2. The first-order chi connectivity index (χ1) is 10.5. The van der Waals surface area contributed by atoms with Crippen molar-refractivity contribution in [1.29, 1.82) is 0 Å². The summed E-state index contributed by atoms with van der Waals surface area (Å²) in [6.45, 7) is 19.9. The van der Waals surface area contributed by atoms with Gasteiger partial charge in [-0.1, -0.05) is 55.4 Å². The minimum absolute atomic E-state index is 0.0404. The van der Waals surface area contributed by atoms with Gasteiger partial charge in [0.05, 0.1) is 12.0 Å². The molecule has 1 aliphatic carbocycles. The van der Waals surface area contributed by atoms with E-state index in [4.69, 9.17) is 4.43 Å². The van der Waals surface area contributed by atoms with E-state index in [2.05, 4.69) is 67.2 Å². The molecular weight excluding hydrogens is 300 g/mol. The molecule has 0 aliphatic heterocycles. The highest BCUT2D eigenvalue weighted by Gasteiger charge is 2.51. The minimum Gasteiger partial charge on any atom is -0.412 e. The lowest BCUT2D eigenvalue weighted by atomic mass is 9.76. The molecule has 2 atom stereocenters. The zero-order valence-corrected chi connectivity index (χ0v) is 17.6. The molecule has 1 rings (SSSR count). The summed E-state index contributed by atoms with van der Waals surface area (Å²) in [4.78, 5) is 12.3. The molecule has 0 heterocycles. The monoisotopic (exact) mass is 336 g/mol. The zero-order chi connectivity index (χ0) is 18.0. The second-order valence-electron chi connectivity index (χ2n) is 8.80. The Labute approximate surface area is 144 Å². The Kier molecular flexibility index (Phi) is 6.70. The molecule has 0 amide bonds. The third-order valence-corrected chi connectivity index (χ3v) is 11.8.